The first-order valence-electron chi connectivity index (χ1n) is 28.0. The summed E-state index contributed by atoms with van der Waals surface area (Å²) in [5.74, 6) is 0. The van der Waals surface area contributed by atoms with E-state index in [1.165, 1.54) is 143 Å². The SMILES string of the molecule is c1ccc(-c2cc(-c3cc4ccccc4c4ccccc34)ccc2-c2ccc3c(c2)c2cc(-c4ccc(-c5cc6ccccc6c6ccccc56)cc4-c4ccccc4)ccc2n3-c2ccc(-c3ccc4ccccc4c3)cc2)cc1. The summed E-state index contributed by atoms with van der Waals surface area (Å²) in [7, 11) is 0. The van der Waals surface area contributed by atoms with Crippen LogP contribution in [-0.2, 0) is 0 Å². The standard InChI is InChI=1S/C80H51N/c1-3-18-54(19-4-1)73-48-62(75-46-58-23-9-11-25-65(58)69-27-13-15-29-71(69)75)35-41-67(73)60-37-43-79-77(50-60)78-51-61(38-44-80(78)81(79)64-39-33-53(34-40-64)57-32-31-52-17-7-8-22-56(52)45-57)68-42-36-63(49-74(68)55-20-5-2-6-21-55)76-47-59-24-10-12-26-66(59)70-28-14-16-30-72(70)76/h1-51H. The maximum absolute atomic E-state index is 2.46. The third kappa shape index (κ3) is 7.93. The Hall–Kier alpha value is -10.6. The van der Waals surface area contributed by atoms with E-state index in [1.54, 1.807) is 0 Å². The lowest BCUT2D eigenvalue weighted by Gasteiger charge is -2.16. The summed E-state index contributed by atoms with van der Waals surface area (Å²) in [5, 5.41) is 15.0. The van der Waals surface area contributed by atoms with Crippen molar-refractivity contribution in [2.24, 2.45) is 0 Å². The highest BCUT2D eigenvalue weighted by atomic mass is 15.0. The van der Waals surface area contributed by atoms with Gasteiger partial charge in [-0.1, -0.05) is 243 Å². The first-order chi connectivity index (χ1) is 40.1. The van der Waals surface area contributed by atoms with Crippen LogP contribution in [0, 0.1) is 0 Å². The Morgan fingerprint density at radius 3 is 1.05 bits per heavy atom. The largest absolute Gasteiger partial charge is 0.309 e. The van der Waals surface area contributed by atoms with Gasteiger partial charge in [0.1, 0.15) is 0 Å². The zero-order valence-electron chi connectivity index (χ0n) is 44.4. The smallest absolute Gasteiger partial charge is 0.0541 e. The van der Waals surface area contributed by atoms with Crippen LogP contribution in [0.5, 0.6) is 0 Å². The van der Waals surface area contributed by atoms with Gasteiger partial charge in [0.15, 0.2) is 0 Å². The summed E-state index contributed by atoms with van der Waals surface area (Å²) >= 11 is 0. The Balaban J connectivity index is 0.893. The van der Waals surface area contributed by atoms with Crippen LogP contribution >= 0.6 is 0 Å². The average Bonchev–Trinajstić information content (AvgIpc) is 4.03. The molecule has 0 aliphatic carbocycles. The lowest BCUT2D eigenvalue weighted by molar-refractivity contribution is 1.18. The second-order valence-corrected chi connectivity index (χ2v) is 21.5. The Kier molecular flexibility index (Phi) is 11.0. The van der Waals surface area contributed by atoms with E-state index in [0.29, 0.717) is 0 Å². The van der Waals surface area contributed by atoms with Gasteiger partial charge in [0.25, 0.3) is 0 Å². The van der Waals surface area contributed by atoms with E-state index in [0.717, 1.165) is 16.7 Å². The number of hydrogen-bond acceptors (Lipinski definition) is 0. The molecule has 16 rings (SSSR count). The zero-order valence-corrected chi connectivity index (χ0v) is 44.4. The molecule has 0 N–H and O–H groups in total. The number of hydrogen-bond donors (Lipinski definition) is 0. The second-order valence-electron chi connectivity index (χ2n) is 21.5. The lowest BCUT2D eigenvalue weighted by atomic mass is 9.87. The number of fused-ring (bicyclic) bond motifs is 10. The van der Waals surface area contributed by atoms with E-state index in [4.69, 9.17) is 0 Å². The molecule has 81 heavy (non-hydrogen) atoms. The maximum Gasteiger partial charge on any atom is 0.0541 e. The normalized spacial score (nSPS) is 11.7. The minimum absolute atomic E-state index is 1.12. The predicted molar refractivity (Wildman–Crippen MR) is 346 cm³/mol. The molecule has 0 aliphatic heterocycles. The first-order valence-corrected chi connectivity index (χ1v) is 28.0. The molecule has 15 aromatic carbocycles. The number of rotatable bonds is 8. The van der Waals surface area contributed by atoms with Crippen molar-refractivity contribution in [1.82, 2.24) is 4.57 Å². The highest BCUT2D eigenvalue weighted by Gasteiger charge is 2.20. The van der Waals surface area contributed by atoms with Gasteiger partial charge < -0.3 is 4.57 Å². The summed E-state index contributed by atoms with van der Waals surface area (Å²) < 4.78 is 2.46. The van der Waals surface area contributed by atoms with Crippen molar-refractivity contribution < 1.29 is 0 Å². The van der Waals surface area contributed by atoms with Crippen molar-refractivity contribution in [2.75, 3.05) is 0 Å². The van der Waals surface area contributed by atoms with Crippen molar-refractivity contribution in [3.63, 3.8) is 0 Å². The summed E-state index contributed by atoms with van der Waals surface area (Å²) in [6.45, 7) is 0. The van der Waals surface area contributed by atoms with Crippen LogP contribution in [0.3, 0.4) is 0 Å². The fraction of sp³-hybridized carbons (Fsp3) is 0. The molecule has 0 spiro atoms. The van der Waals surface area contributed by atoms with Gasteiger partial charge in [-0.15, -0.1) is 0 Å². The quantitative estimate of drug-likeness (QED) is 0.134. The molecule has 0 atom stereocenters. The van der Waals surface area contributed by atoms with Crippen LogP contribution in [0.4, 0.5) is 0 Å². The fourth-order valence-corrected chi connectivity index (χ4v) is 13.0. The van der Waals surface area contributed by atoms with Crippen LogP contribution in [0.2, 0.25) is 0 Å². The Labute approximate surface area is 470 Å². The molecule has 0 aliphatic rings. The third-order valence-electron chi connectivity index (χ3n) is 17.0. The maximum atomic E-state index is 2.46. The van der Waals surface area contributed by atoms with Crippen LogP contribution in [0.25, 0.3) is 159 Å². The molecule has 16 aromatic rings. The van der Waals surface area contributed by atoms with E-state index in [2.05, 4.69) is 314 Å². The molecule has 1 aromatic heterocycles. The minimum Gasteiger partial charge on any atom is -0.309 e. The Bertz CT molecular complexity index is 4880. The lowest BCUT2D eigenvalue weighted by Crippen LogP contribution is -1.94. The topological polar surface area (TPSA) is 4.93 Å². The predicted octanol–water partition coefficient (Wildman–Crippen LogP) is 22.2. The highest BCUT2D eigenvalue weighted by Crippen LogP contribution is 2.45. The number of nitrogens with zero attached hydrogens (tertiary/aromatic N) is 1. The molecular formula is C80H51N. The molecule has 1 nitrogen and oxygen atoms in total. The fourth-order valence-electron chi connectivity index (χ4n) is 13.0. The summed E-state index contributed by atoms with van der Waals surface area (Å²) in [4.78, 5) is 0. The van der Waals surface area contributed by atoms with Crippen molar-refractivity contribution in [1.29, 1.82) is 0 Å². The van der Waals surface area contributed by atoms with Crippen molar-refractivity contribution in [3.8, 4) is 83.6 Å². The zero-order chi connectivity index (χ0) is 53.4. The molecule has 0 saturated heterocycles. The van der Waals surface area contributed by atoms with Crippen molar-refractivity contribution in [3.05, 3.63) is 309 Å². The second kappa shape index (κ2) is 19.1. The molecule has 0 bridgehead atoms. The van der Waals surface area contributed by atoms with Gasteiger partial charge in [0.2, 0.25) is 0 Å². The van der Waals surface area contributed by atoms with Crippen LogP contribution in [0.15, 0.2) is 309 Å². The number of benzene rings is 15. The molecule has 1 heteroatoms. The molecule has 0 fully saturated rings. The third-order valence-corrected chi connectivity index (χ3v) is 17.0. The molecule has 1 heterocycles. The van der Waals surface area contributed by atoms with E-state index < -0.39 is 0 Å². The average molecular weight is 1030 g/mol. The molecule has 0 unspecified atom stereocenters. The molecule has 0 radical (unpaired) electrons. The van der Waals surface area contributed by atoms with Crippen molar-refractivity contribution in [2.45, 2.75) is 0 Å². The molecule has 0 amide bonds. The molecular weight excluding hydrogens is 975 g/mol. The molecule has 376 valence electrons. The van der Waals surface area contributed by atoms with Gasteiger partial charge >= 0.3 is 0 Å². The number of aromatic nitrogens is 1. The summed E-state index contributed by atoms with van der Waals surface area (Å²) in [6, 6.07) is 115. The first kappa shape index (κ1) is 46.5. The van der Waals surface area contributed by atoms with E-state index in [9.17, 15) is 0 Å². The molecule has 0 saturated carbocycles. The van der Waals surface area contributed by atoms with Crippen molar-refractivity contribution >= 4 is 75.7 Å². The highest BCUT2D eigenvalue weighted by molar-refractivity contribution is 6.16. The Morgan fingerprint density at radius 2 is 0.543 bits per heavy atom. The van der Waals surface area contributed by atoms with Gasteiger partial charge in [-0.25, -0.2) is 0 Å². The Morgan fingerprint density at radius 1 is 0.160 bits per heavy atom. The van der Waals surface area contributed by atoms with Gasteiger partial charge in [-0.05, 0) is 198 Å². The summed E-state index contributed by atoms with van der Waals surface area (Å²) in [6.07, 6.45) is 0. The van der Waals surface area contributed by atoms with E-state index >= 15 is 0 Å². The van der Waals surface area contributed by atoms with Crippen LogP contribution in [0.1, 0.15) is 0 Å². The van der Waals surface area contributed by atoms with Gasteiger partial charge in [-0.2, -0.15) is 0 Å². The monoisotopic (exact) mass is 1030 g/mol. The van der Waals surface area contributed by atoms with E-state index in [-0.39, 0.29) is 0 Å². The van der Waals surface area contributed by atoms with Gasteiger partial charge in [0.05, 0.1) is 11.0 Å². The minimum atomic E-state index is 1.12. The van der Waals surface area contributed by atoms with Gasteiger partial charge in [0, 0.05) is 16.5 Å². The van der Waals surface area contributed by atoms with Crippen LogP contribution < -0.4 is 0 Å². The van der Waals surface area contributed by atoms with Gasteiger partial charge in [-0.3, -0.25) is 0 Å². The van der Waals surface area contributed by atoms with E-state index in [1.807, 2.05) is 0 Å². The van der Waals surface area contributed by atoms with Crippen LogP contribution in [-0.4, -0.2) is 4.57 Å². The summed E-state index contributed by atoms with van der Waals surface area (Å²) in [5.41, 5.74) is 20.2.